The maximum atomic E-state index is 11.4. The second-order valence-electron chi connectivity index (χ2n) is 3.23. The quantitative estimate of drug-likeness (QED) is 0.328. The van der Waals surface area contributed by atoms with Crippen molar-refractivity contribution in [1.82, 2.24) is 0 Å². The van der Waals surface area contributed by atoms with Crippen molar-refractivity contribution in [3.05, 3.63) is 18.2 Å². The highest BCUT2D eigenvalue weighted by Gasteiger charge is 2.10. The Hall–Kier alpha value is -2.44. The van der Waals surface area contributed by atoms with Crippen LogP contribution in [0.15, 0.2) is 23.2 Å². The molecule has 18 heavy (non-hydrogen) atoms. The molecule has 7 heteroatoms. The normalized spacial score (nSPS) is 9.44. The number of ether oxygens (including phenoxy) is 3. The predicted octanol–water partition coefficient (Wildman–Crippen LogP) is -0.117. The minimum absolute atomic E-state index is 0.173. The zero-order chi connectivity index (χ0) is 13.5. The highest BCUT2D eigenvalue weighted by molar-refractivity contribution is 5.81. The van der Waals surface area contributed by atoms with Gasteiger partial charge in [-0.1, -0.05) is 0 Å². The molecule has 0 fully saturated rings. The maximum Gasteiger partial charge on any atom is 0.333 e. The van der Waals surface area contributed by atoms with Crippen LogP contribution in [-0.2, 0) is 4.79 Å². The molecule has 0 saturated carbocycles. The Balaban J connectivity index is 2.77. The van der Waals surface area contributed by atoms with Crippen LogP contribution >= 0.6 is 0 Å². The van der Waals surface area contributed by atoms with E-state index in [0.29, 0.717) is 11.5 Å². The van der Waals surface area contributed by atoms with Crippen molar-refractivity contribution in [2.24, 2.45) is 16.5 Å². The van der Waals surface area contributed by atoms with Gasteiger partial charge < -0.3 is 25.7 Å². The van der Waals surface area contributed by atoms with E-state index < -0.39 is 5.97 Å². The molecule has 0 radical (unpaired) electrons. The predicted molar refractivity (Wildman–Crippen MR) is 65.9 cm³/mol. The number of nitrogens with zero attached hydrogens (tertiary/aromatic N) is 1. The van der Waals surface area contributed by atoms with E-state index in [2.05, 4.69) is 4.99 Å². The fourth-order valence-electron chi connectivity index (χ4n) is 1.17. The molecule has 4 N–H and O–H groups in total. The lowest BCUT2D eigenvalue weighted by molar-refractivity contribution is -0.132. The van der Waals surface area contributed by atoms with Crippen LogP contribution in [0.4, 0.5) is 0 Å². The molecule has 1 aromatic rings. The second-order valence-corrected chi connectivity index (χ2v) is 3.23. The van der Waals surface area contributed by atoms with E-state index in [1.54, 1.807) is 18.2 Å². The SMILES string of the molecule is COc1ccc(OC(=O)CN=C(N)N)c(OC)c1. The average Bonchev–Trinajstić information content (AvgIpc) is 2.36. The number of aliphatic imine (C=N–C) groups is 1. The number of guanidine groups is 1. The first-order valence-electron chi connectivity index (χ1n) is 5.05. The average molecular weight is 253 g/mol. The molecule has 0 saturated heterocycles. The Kier molecular flexibility index (Phi) is 4.79. The summed E-state index contributed by atoms with van der Waals surface area (Å²) in [6.45, 7) is -0.252. The van der Waals surface area contributed by atoms with Gasteiger partial charge in [-0.2, -0.15) is 0 Å². The van der Waals surface area contributed by atoms with Crippen LogP contribution in [0.3, 0.4) is 0 Å². The topological polar surface area (TPSA) is 109 Å². The van der Waals surface area contributed by atoms with E-state index in [1.165, 1.54) is 14.2 Å². The lowest BCUT2D eigenvalue weighted by Crippen LogP contribution is -2.25. The van der Waals surface area contributed by atoms with Crippen molar-refractivity contribution >= 4 is 11.9 Å². The zero-order valence-corrected chi connectivity index (χ0v) is 10.2. The third-order valence-electron chi connectivity index (χ3n) is 1.99. The molecule has 0 aliphatic rings. The summed E-state index contributed by atoms with van der Waals surface area (Å²) in [6, 6.07) is 4.81. The van der Waals surface area contributed by atoms with Crippen LogP contribution in [0.2, 0.25) is 0 Å². The Morgan fingerprint density at radius 1 is 1.22 bits per heavy atom. The number of rotatable bonds is 5. The third-order valence-corrected chi connectivity index (χ3v) is 1.99. The van der Waals surface area contributed by atoms with Crippen molar-refractivity contribution in [3.63, 3.8) is 0 Å². The molecule has 98 valence electrons. The minimum Gasteiger partial charge on any atom is -0.497 e. The van der Waals surface area contributed by atoms with Crippen molar-refractivity contribution in [2.75, 3.05) is 20.8 Å². The summed E-state index contributed by atoms with van der Waals surface area (Å²) in [4.78, 5) is 15.0. The number of nitrogens with two attached hydrogens (primary N) is 2. The maximum absolute atomic E-state index is 11.4. The minimum atomic E-state index is -0.591. The number of hydrogen-bond donors (Lipinski definition) is 2. The summed E-state index contributed by atoms with van der Waals surface area (Å²) in [5, 5.41) is 0. The molecular formula is C11H15N3O4. The Labute approximate surface area is 104 Å². The molecule has 0 bridgehead atoms. The Morgan fingerprint density at radius 3 is 2.50 bits per heavy atom. The lowest BCUT2D eigenvalue weighted by atomic mass is 10.3. The number of hydrogen-bond acceptors (Lipinski definition) is 5. The molecule has 0 spiro atoms. The molecule has 0 unspecified atom stereocenters. The number of carbonyl (C=O) groups excluding carboxylic acids is 1. The summed E-state index contributed by atoms with van der Waals surface area (Å²) >= 11 is 0. The van der Waals surface area contributed by atoms with Gasteiger partial charge in [0.25, 0.3) is 0 Å². The van der Waals surface area contributed by atoms with Gasteiger partial charge in [-0.05, 0) is 12.1 Å². The van der Waals surface area contributed by atoms with Crippen molar-refractivity contribution in [3.8, 4) is 17.2 Å². The van der Waals surface area contributed by atoms with Gasteiger partial charge in [0.2, 0.25) is 0 Å². The van der Waals surface area contributed by atoms with Gasteiger partial charge in [0.05, 0.1) is 14.2 Å². The summed E-state index contributed by atoms with van der Waals surface area (Å²) in [5.74, 6) is 0.484. The van der Waals surface area contributed by atoms with Crippen LogP contribution in [0, 0.1) is 0 Å². The highest BCUT2D eigenvalue weighted by Crippen LogP contribution is 2.31. The third kappa shape index (κ3) is 3.85. The molecular weight excluding hydrogens is 238 g/mol. The van der Waals surface area contributed by atoms with Gasteiger partial charge in [0.1, 0.15) is 12.3 Å². The van der Waals surface area contributed by atoms with Crippen LogP contribution in [0.5, 0.6) is 17.2 Å². The number of benzene rings is 1. The highest BCUT2D eigenvalue weighted by atomic mass is 16.6. The summed E-state index contributed by atoms with van der Waals surface area (Å²) in [6.07, 6.45) is 0. The fourth-order valence-corrected chi connectivity index (χ4v) is 1.17. The molecule has 7 nitrogen and oxygen atoms in total. The van der Waals surface area contributed by atoms with Crippen molar-refractivity contribution in [2.45, 2.75) is 0 Å². The Morgan fingerprint density at radius 2 is 1.94 bits per heavy atom. The van der Waals surface area contributed by atoms with Gasteiger partial charge in [0.15, 0.2) is 17.5 Å². The van der Waals surface area contributed by atoms with E-state index in [9.17, 15) is 4.79 Å². The molecule has 0 aliphatic carbocycles. The largest absolute Gasteiger partial charge is 0.497 e. The Bertz CT molecular complexity index is 456. The zero-order valence-electron chi connectivity index (χ0n) is 10.2. The van der Waals surface area contributed by atoms with Crippen LogP contribution < -0.4 is 25.7 Å². The van der Waals surface area contributed by atoms with Crippen LogP contribution in [-0.4, -0.2) is 32.7 Å². The van der Waals surface area contributed by atoms with Crippen molar-refractivity contribution in [1.29, 1.82) is 0 Å². The molecule has 0 atom stereocenters. The fraction of sp³-hybridized carbons (Fsp3) is 0.273. The first-order chi connectivity index (χ1) is 8.56. The number of esters is 1. The first-order valence-corrected chi connectivity index (χ1v) is 5.05. The molecule has 1 rings (SSSR count). The summed E-state index contributed by atoms with van der Waals surface area (Å²) in [7, 11) is 2.99. The van der Waals surface area contributed by atoms with E-state index >= 15 is 0 Å². The van der Waals surface area contributed by atoms with Gasteiger partial charge >= 0.3 is 5.97 Å². The first kappa shape index (κ1) is 13.6. The molecule has 0 aliphatic heterocycles. The summed E-state index contributed by atoms with van der Waals surface area (Å²) < 4.78 is 15.1. The summed E-state index contributed by atoms with van der Waals surface area (Å²) in [5.41, 5.74) is 10.2. The van der Waals surface area contributed by atoms with Gasteiger partial charge in [-0.3, -0.25) is 0 Å². The molecule has 0 amide bonds. The van der Waals surface area contributed by atoms with E-state index in [4.69, 9.17) is 25.7 Å². The van der Waals surface area contributed by atoms with Crippen LogP contribution in [0.25, 0.3) is 0 Å². The molecule has 0 heterocycles. The monoisotopic (exact) mass is 253 g/mol. The van der Waals surface area contributed by atoms with Gasteiger partial charge in [-0.15, -0.1) is 0 Å². The van der Waals surface area contributed by atoms with E-state index in [-0.39, 0.29) is 18.3 Å². The smallest absolute Gasteiger partial charge is 0.333 e. The molecule has 0 aromatic heterocycles. The standard InChI is InChI=1S/C11H15N3O4/c1-16-7-3-4-8(9(5-7)17-2)18-10(15)6-14-11(12)13/h3-5H,6H2,1-2H3,(H4,12,13,14). The second kappa shape index (κ2) is 6.33. The van der Waals surface area contributed by atoms with E-state index in [1.807, 2.05) is 0 Å². The number of methoxy groups -OCH3 is 2. The van der Waals surface area contributed by atoms with E-state index in [0.717, 1.165) is 0 Å². The van der Waals surface area contributed by atoms with Gasteiger partial charge in [-0.25, -0.2) is 9.79 Å². The van der Waals surface area contributed by atoms with Crippen molar-refractivity contribution < 1.29 is 19.0 Å². The lowest BCUT2D eigenvalue weighted by Gasteiger charge is -2.09. The number of carbonyl (C=O) groups is 1. The van der Waals surface area contributed by atoms with Crippen LogP contribution in [0.1, 0.15) is 0 Å². The van der Waals surface area contributed by atoms with Gasteiger partial charge in [0, 0.05) is 6.07 Å². The molecule has 1 aromatic carbocycles.